The summed E-state index contributed by atoms with van der Waals surface area (Å²) in [6.45, 7) is 2.72. The predicted molar refractivity (Wildman–Crippen MR) is 89.5 cm³/mol. The molecule has 1 aromatic carbocycles. The Morgan fingerprint density at radius 1 is 1.40 bits per heavy atom. The second-order valence-electron chi connectivity index (χ2n) is 6.01. The van der Waals surface area contributed by atoms with Gasteiger partial charge >= 0.3 is 0 Å². The molecule has 0 amide bonds. The van der Waals surface area contributed by atoms with Gasteiger partial charge in [-0.3, -0.25) is 14.6 Å². The van der Waals surface area contributed by atoms with E-state index in [-0.39, 0.29) is 17.5 Å². The van der Waals surface area contributed by atoms with Crippen molar-refractivity contribution >= 4 is 15.9 Å². The Balaban J connectivity index is 1.54. The number of sulfonamides is 1. The van der Waals surface area contributed by atoms with Crippen LogP contribution >= 0.6 is 0 Å². The zero-order valence-electron chi connectivity index (χ0n) is 13.6. The van der Waals surface area contributed by atoms with E-state index in [1.807, 2.05) is 7.05 Å². The Morgan fingerprint density at radius 3 is 3.08 bits per heavy atom. The maximum absolute atomic E-state index is 12.1. The zero-order valence-corrected chi connectivity index (χ0v) is 14.5. The van der Waals surface area contributed by atoms with E-state index in [1.54, 1.807) is 24.3 Å². The topological polar surface area (TPSA) is 113 Å². The maximum Gasteiger partial charge on any atom is 0.263 e. The lowest BCUT2D eigenvalue weighted by atomic mass is 10.2. The molecular weight excluding hydrogens is 344 g/mol. The van der Waals surface area contributed by atoms with Crippen molar-refractivity contribution in [1.29, 1.82) is 0 Å². The van der Waals surface area contributed by atoms with Crippen molar-refractivity contribution in [2.45, 2.75) is 17.5 Å². The Hall–Kier alpha value is -2.30. The summed E-state index contributed by atoms with van der Waals surface area (Å²) >= 11 is 0. The first-order valence-corrected chi connectivity index (χ1v) is 9.43. The number of aliphatic imine (C=N–C) groups is 1. The van der Waals surface area contributed by atoms with Gasteiger partial charge in [0.25, 0.3) is 10.0 Å². The molecular formula is C15H18N6O3S. The molecule has 1 fully saturated rings. The van der Waals surface area contributed by atoms with E-state index in [0.29, 0.717) is 23.1 Å². The van der Waals surface area contributed by atoms with Crippen molar-refractivity contribution in [1.82, 2.24) is 25.1 Å². The van der Waals surface area contributed by atoms with Crippen molar-refractivity contribution in [3.05, 3.63) is 41.5 Å². The van der Waals surface area contributed by atoms with Crippen LogP contribution in [0.25, 0.3) is 0 Å². The van der Waals surface area contributed by atoms with E-state index < -0.39 is 10.0 Å². The number of likely N-dealkylation sites (N-methyl/N-ethyl adjacent to an activating group) is 1. The minimum absolute atomic E-state index is 0.0598. The van der Waals surface area contributed by atoms with Gasteiger partial charge in [-0.05, 0) is 19.2 Å². The Labute approximate surface area is 145 Å². The molecule has 10 heteroatoms. The lowest BCUT2D eigenvalue weighted by Crippen LogP contribution is -2.44. The molecule has 1 atom stereocenters. The second-order valence-corrected chi connectivity index (χ2v) is 7.66. The minimum Gasteiger partial charge on any atom is -0.337 e. The molecule has 0 aliphatic carbocycles. The summed E-state index contributed by atoms with van der Waals surface area (Å²) in [5, 5.41) is 7.33. The first-order valence-electron chi connectivity index (χ1n) is 7.95. The number of hydrogen-bond donors (Lipinski definition) is 2. The number of amidine groups is 1. The van der Waals surface area contributed by atoms with Gasteiger partial charge in [0.05, 0.1) is 10.9 Å². The quantitative estimate of drug-likeness (QED) is 0.783. The van der Waals surface area contributed by atoms with Crippen LogP contribution in [0.1, 0.15) is 23.3 Å². The number of fused-ring (bicyclic) bond motifs is 1. The number of rotatable bonds is 3. The highest BCUT2D eigenvalue weighted by atomic mass is 32.2. The van der Waals surface area contributed by atoms with E-state index >= 15 is 0 Å². The molecule has 4 rings (SSSR count). The molecule has 2 aromatic rings. The fourth-order valence-corrected chi connectivity index (χ4v) is 4.21. The molecule has 1 saturated heterocycles. The van der Waals surface area contributed by atoms with Crippen LogP contribution in [-0.2, 0) is 16.6 Å². The third kappa shape index (κ3) is 3.03. The molecule has 25 heavy (non-hydrogen) atoms. The van der Waals surface area contributed by atoms with Crippen LogP contribution < -0.4 is 10.0 Å². The van der Waals surface area contributed by atoms with Crippen LogP contribution in [0.15, 0.2) is 38.7 Å². The van der Waals surface area contributed by atoms with Gasteiger partial charge in [-0.25, -0.2) is 8.42 Å². The molecule has 2 aliphatic heterocycles. The van der Waals surface area contributed by atoms with Crippen molar-refractivity contribution in [2.24, 2.45) is 4.99 Å². The highest BCUT2D eigenvalue weighted by Gasteiger charge is 2.30. The molecule has 0 radical (unpaired) electrons. The molecule has 1 aromatic heterocycles. The summed E-state index contributed by atoms with van der Waals surface area (Å²) in [4.78, 5) is 11.1. The van der Waals surface area contributed by atoms with Gasteiger partial charge in [-0.2, -0.15) is 4.98 Å². The first kappa shape index (κ1) is 16.2. The van der Waals surface area contributed by atoms with Gasteiger partial charge in [-0.1, -0.05) is 17.3 Å². The maximum atomic E-state index is 12.1. The largest absolute Gasteiger partial charge is 0.337 e. The number of piperazine rings is 1. The van der Waals surface area contributed by atoms with Gasteiger partial charge < -0.3 is 9.84 Å². The van der Waals surface area contributed by atoms with Gasteiger partial charge in [0.15, 0.2) is 5.82 Å². The number of nitrogens with one attached hydrogen (secondary N) is 2. The van der Waals surface area contributed by atoms with Crippen molar-refractivity contribution in [2.75, 3.05) is 26.7 Å². The molecule has 9 nitrogen and oxygen atoms in total. The monoisotopic (exact) mass is 362 g/mol. The molecule has 0 spiro atoms. The van der Waals surface area contributed by atoms with E-state index in [9.17, 15) is 8.42 Å². The van der Waals surface area contributed by atoms with Crippen LogP contribution in [0.3, 0.4) is 0 Å². The fraction of sp³-hybridized carbons (Fsp3) is 0.400. The molecule has 0 bridgehead atoms. The molecule has 1 unspecified atom stereocenters. The number of benzene rings is 1. The average Bonchev–Trinajstić information content (AvgIpc) is 3.17. The molecule has 0 saturated carbocycles. The van der Waals surface area contributed by atoms with Crippen LogP contribution in [0.2, 0.25) is 0 Å². The predicted octanol–water partition coefficient (Wildman–Crippen LogP) is -0.116. The summed E-state index contributed by atoms with van der Waals surface area (Å²) in [5.74, 6) is 1.26. The van der Waals surface area contributed by atoms with Crippen molar-refractivity contribution in [3.63, 3.8) is 0 Å². The number of aromatic nitrogens is 2. The third-order valence-electron chi connectivity index (χ3n) is 4.33. The summed E-state index contributed by atoms with van der Waals surface area (Å²) in [6.07, 6.45) is 0. The highest BCUT2D eigenvalue weighted by molar-refractivity contribution is 7.90. The Morgan fingerprint density at radius 2 is 2.24 bits per heavy atom. The summed E-state index contributed by atoms with van der Waals surface area (Å²) in [6, 6.07) is 6.78. The van der Waals surface area contributed by atoms with E-state index in [0.717, 1.165) is 19.6 Å². The van der Waals surface area contributed by atoms with Crippen molar-refractivity contribution in [3.8, 4) is 0 Å². The van der Waals surface area contributed by atoms with Gasteiger partial charge in [0.1, 0.15) is 12.4 Å². The minimum atomic E-state index is -3.54. The second kappa shape index (κ2) is 6.21. The molecule has 3 heterocycles. The Bertz CT molecular complexity index is 923. The number of hydrogen-bond acceptors (Lipinski definition) is 8. The van der Waals surface area contributed by atoms with Crippen LogP contribution in [0.4, 0.5) is 0 Å². The van der Waals surface area contributed by atoms with Crippen LogP contribution in [0, 0.1) is 0 Å². The van der Waals surface area contributed by atoms with E-state index in [4.69, 9.17) is 4.52 Å². The van der Waals surface area contributed by atoms with Crippen LogP contribution in [-0.4, -0.2) is 56.0 Å². The SMILES string of the molecule is CN1CCNCC1c1noc(CN=C2NS(=O)(=O)c3ccccc32)n1. The van der Waals surface area contributed by atoms with Crippen LogP contribution in [0.5, 0.6) is 0 Å². The summed E-state index contributed by atoms with van der Waals surface area (Å²) in [7, 11) is -1.52. The lowest BCUT2D eigenvalue weighted by molar-refractivity contribution is 0.190. The first-order chi connectivity index (χ1) is 12.0. The van der Waals surface area contributed by atoms with Gasteiger partial charge in [-0.15, -0.1) is 0 Å². The van der Waals surface area contributed by atoms with Gasteiger partial charge in [0.2, 0.25) is 5.89 Å². The lowest BCUT2D eigenvalue weighted by Gasteiger charge is -2.30. The summed E-state index contributed by atoms with van der Waals surface area (Å²) in [5.41, 5.74) is 0.554. The van der Waals surface area contributed by atoms with Crippen molar-refractivity contribution < 1.29 is 12.9 Å². The normalized spacial score (nSPS) is 24.2. The summed E-state index contributed by atoms with van der Waals surface area (Å²) < 4.78 is 31.9. The number of nitrogens with zero attached hydrogens (tertiary/aromatic N) is 4. The Kier molecular flexibility index (Phi) is 4.02. The standard InChI is InChI=1S/C15H18N6O3S/c1-21-7-6-16-8-11(21)15-18-13(24-19-15)9-17-14-10-4-2-3-5-12(10)25(22,23)20-14/h2-5,11,16H,6-9H2,1H3,(H,17,20). The molecule has 2 N–H and O–H groups in total. The smallest absolute Gasteiger partial charge is 0.263 e. The van der Waals surface area contributed by atoms with Gasteiger partial charge in [0, 0.05) is 25.2 Å². The molecule has 132 valence electrons. The zero-order chi connectivity index (χ0) is 17.4. The highest BCUT2D eigenvalue weighted by Crippen LogP contribution is 2.23. The van der Waals surface area contributed by atoms with E-state index in [1.165, 1.54) is 0 Å². The van der Waals surface area contributed by atoms with E-state index in [2.05, 4.69) is 30.1 Å². The fourth-order valence-electron chi connectivity index (χ4n) is 2.96. The molecule has 2 aliphatic rings. The third-order valence-corrected chi connectivity index (χ3v) is 5.73. The average molecular weight is 362 g/mol.